The summed E-state index contributed by atoms with van der Waals surface area (Å²) < 4.78 is 6.48. The predicted molar refractivity (Wildman–Crippen MR) is 82.8 cm³/mol. The first-order valence-corrected chi connectivity index (χ1v) is 6.80. The first-order valence-electron chi connectivity index (χ1n) is 6.80. The van der Waals surface area contributed by atoms with E-state index in [-0.39, 0.29) is 11.3 Å². The summed E-state index contributed by atoms with van der Waals surface area (Å²) in [5, 5.41) is 9.03. The summed E-state index contributed by atoms with van der Waals surface area (Å²) >= 11 is 0. The highest BCUT2D eigenvalue weighted by atomic mass is 16.5. The molecule has 0 N–H and O–H groups in total. The minimum absolute atomic E-state index is 0.0189. The second-order valence-electron chi connectivity index (χ2n) is 4.93. The van der Waals surface area contributed by atoms with Crippen molar-refractivity contribution < 1.29 is 9.53 Å². The Morgan fingerprint density at radius 3 is 2.36 bits per heavy atom. The van der Waals surface area contributed by atoms with Crippen LogP contribution in [0, 0.1) is 11.3 Å². The van der Waals surface area contributed by atoms with Gasteiger partial charge in [-0.25, -0.2) is 0 Å². The fraction of sp³-hybridized carbons (Fsp3) is 0.235. The molecule has 2 rings (SSSR count). The molecule has 22 heavy (non-hydrogen) atoms. The lowest BCUT2D eigenvalue weighted by molar-refractivity contribution is -0.119. The Labute approximate surface area is 128 Å². The van der Waals surface area contributed by atoms with Crippen molar-refractivity contribution in [3.8, 4) is 23.1 Å². The average Bonchev–Trinajstić information content (AvgIpc) is 2.54. The van der Waals surface area contributed by atoms with Gasteiger partial charge < -0.3 is 4.74 Å². The molecule has 0 aliphatic carbocycles. The van der Waals surface area contributed by atoms with Crippen molar-refractivity contribution in [2.45, 2.75) is 19.9 Å². The lowest BCUT2D eigenvalue weighted by Gasteiger charge is -2.18. The number of benzene rings is 1. The van der Waals surface area contributed by atoms with E-state index >= 15 is 0 Å². The van der Waals surface area contributed by atoms with Gasteiger partial charge in [-0.3, -0.25) is 14.2 Å². The van der Waals surface area contributed by atoms with E-state index in [9.17, 15) is 9.59 Å². The largest absolute Gasteiger partial charge is 0.497 e. The molecule has 1 heterocycles. The summed E-state index contributed by atoms with van der Waals surface area (Å²) in [6.45, 7) is 3.08. The van der Waals surface area contributed by atoms with Gasteiger partial charge in [-0.05, 0) is 55.8 Å². The molecule has 0 saturated carbocycles. The van der Waals surface area contributed by atoms with Crippen LogP contribution in [0.15, 0.2) is 41.2 Å². The number of methoxy groups -OCH3 is 1. The number of hydrogen-bond acceptors (Lipinski definition) is 4. The molecular weight excluding hydrogens is 280 g/mol. The van der Waals surface area contributed by atoms with Crippen molar-refractivity contribution in [3.05, 3.63) is 52.3 Å². The third-order valence-corrected chi connectivity index (χ3v) is 3.60. The van der Waals surface area contributed by atoms with E-state index in [1.54, 1.807) is 32.2 Å². The summed E-state index contributed by atoms with van der Waals surface area (Å²) in [6, 6.07) is 11.6. The molecule has 112 valence electrons. The fourth-order valence-corrected chi connectivity index (χ4v) is 2.20. The van der Waals surface area contributed by atoms with E-state index in [1.807, 2.05) is 18.2 Å². The number of pyridine rings is 1. The topological polar surface area (TPSA) is 72.1 Å². The van der Waals surface area contributed by atoms with Gasteiger partial charge in [-0.1, -0.05) is 0 Å². The van der Waals surface area contributed by atoms with E-state index in [4.69, 9.17) is 10.00 Å². The molecule has 0 fully saturated rings. The summed E-state index contributed by atoms with van der Waals surface area (Å²) in [7, 11) is 1.57. The molecule has 0 aliphatic rings. The van der Waals surface area contributed by atoms with E-state index in [0.29, 0.717) is 11.4 Å². The number of nitriles is 1. The van der Waals surface area contributed by atoms with Gasteiger partial charge in [-0.2, -0.15) is 5.26 Å². The molecule has 1 aromatic heterocycles. The number of Topliss-reactive ketones (excluding diaryl/α,β-unsaturated/α-hetero) is 1. The zero-order chi connectivity index (χ0) is 16.3. The number of ketones is 1. The van der Waals surface area contributed by atoms with Crippen LogP contribution in [0.4, 0.5) is 0 Å². The third-order valence-electron chi connectivity index (χ3n) is 3.60. The Bertz CT molecular complexity index is 798. The van der Waals surface area contributed by atoms with Gasteiger partial charge in [0.1, 0.15) is 17.4 Å². The second kappa shape index (κ2) is 6.27. The molecule has 0 radical (unpaired) electrons. The van der Waals surface area contributed by atoms with Gasteiger partial charge in [0.2, 0.25) is 0 Å². The Morgan fingerprint density at radius 1 is 1.23 bits per heavy atom. The predicted octanol–water partition coefficient (Wildman–Crippen LogP) is 2.55. The van der Waals surface area contributed by atoms with Crippen LogP contribution in [0.1, 0.15) is 25.5 Å². The van der Waals surface area contributed by atoms with Crippen molar-refractivity contribution >= 4 is 5.78 Å². The van der Waals surface area contributed by atoms with Crippen molar-refractivity contribution in [2.24, 2.45) is 0 Å². The quantitative estimate of drug-likeness (QED) is 0.869. The molecule has 0 saturated heterocycles. The standard InChI is InChI=1S/C17H16N2O3/c1-11(12(2)20)19-16(9-6-14(10-18)17(19)21)13-4-7-15(22-3)8-5-13/h4-9,11H,1-3H3. The van der Waals surface area contributed by atoms with E-state index in [1.165, 1.54) is 17.6 Å². The summed E-state index contributed by atoms with van der Waals surface area (Å²) in [5.41, 5.74) is 0.925. The highest BCUT2D eigenvalue weighted by molar-refractivity contribution is 5.80. The number of carbonyl (C=O) groups is 1. The third kappa shape index (κ3) is 2.77. The van der Waals surface area contributed by atoms with Crippen LogP contribution in [-0.4, -0.2) is 17.5 Å². The zero-order valence-corrected chi connectivity index (χ0v) is 12.7. The number of hydrogen-bond donors (Lipinski definition) is 0. The SMILES string of the molecule is COc1ccc(-c2ccc(C#N)c(=O)n2C(C)C(C)=O)cc1. The van der Waals surface area contributed by atoms with Gasteiger partial charge >= 0.3 is 0 Å². The highest BCUT2D eigenvalue weighted by Gasteiger charge is 2.18. The van der Waals surface area contributed by atoms with Gasteiger partial charge in [0.25, 0.3) is 5.56 Å². The first-order chi connectivity index (χ1) is 10.5. The van der Waals surface area contributed by atoms with Crippen molar-refractivity contribution in [2.75, 3.05) is 7.11 Å². The number of ether oxygens (including phenoxy) is 1. The molecule has 5 heteroatoms. The maximum absolute atomic E-state index is 12.4. The lowest BCUT2D eigenvalue weighted by atomic mass is 10.1. The van der Waals surface area contributed by atoms with Crippen LogP contribution in [0.3, 0.4) is 0 Å². The molecular formula is C17H16N2O3. The Hall–Kier alpha value is -2.87. The number of carbonyl (C=O) groups excluding carboxylic acids is 1. The molecule has 0 amide bonds. The van der Waals surface area contributed by atoms with Crippen LogP contribution in [0.5, 0.6) is 5.75 Å². The highest BCUT2D eigenvalue weighted by Crippen LogP contribution is 2.24. The molecule has 1 atom stereocenters. The van der Waals surface area contributed by atoms with Gasteiger partial charge in [0, 0.05) is 0 Å². The monoisotopic (exact) mass is 296 g/mol. The normalized spacial score (nSPS) is 11.5. The molecule has 2 aromatic rings. The van der Waals surface area contributed by atoms with Gasteiger partial charge in [-0.15, -0.1) is 0 Å². The van der Waals surface area contributed by atoms with E-state index in [2.05, 4.69) is 0 Å². The van der Waals surface area contributed by atoms with Crippen LogP contribution in [0.2, 0.25) is 0 Å². The maximum atomic E-state index is 12.4. The molecule has 5 nitrogen and oxygen atoms in total. The average molecular weight is 296 g/mol. The van der Waals surface area contributed by atoms with Crippen LogP contribution >= 0.6 is 0 Å². The Morgan fingerprint density at radius 2 is 1.86 bits per heavy atom. The minimum atomic E-state index is -0.641. The van der Waals surface area contributed by atoms with Crippen LogP contribution in [-0.2, 0) is 4.79 Å². The number of aromatic nitrogens is 1. The first kappa shape index (κ1) is 15.5. The molecule has 0 spiro atoms. The Kier molecular flexibility index (Phi) is 4.42. The van der Waals surface area contributed by atoms with Gasteiger partial charge in [0.05, 0.1) is 18.8 Å². The minimum Gasteiger partial charge on any atom is -0.497 e. The fourth-order valence-electron chi connectivity index (χ4n) is 2.20. The van der Waals surface area contributed by atoms with E-state index < -0.39 is 11.6 Å². The molecule has 0 aliphatic heterocycles. The Balaban J connectivity index is 2.69. The molecule has 1 aromatic carbocycles. The van der Waals surface area contributed by atoms with Crippen molar-refractivity contribution in [1.29, 1.82) is 5.26 Å². The molecule has 1 unspecified atom stereocenters. The zero-order valence-electron chi connectivity index (χ0n) is 12.7. The van der Waals surface area contributed by atoms with E-state index in [0.717, 1.165) is 5.56 Å². The second-order valence-corrected chi connectivity index (χ2v) is 4.93. The maximum Gasteiger partial charge on any atom is 0.269 e. The summed E-state index contributed by atoms with van der Waals surface area (Å²) in [5.74, 6) is 0.554. The van der Waals surface area contributed by atoms with Crippen LogP contribution in [0.25, 0.3) is 11.3 Å². The van der Waals surface area contributed by atoms with Crippen molar-refractivity contribution in [3.63, 3.8) is 0 Å². The summed E-state index contributed by atoms with van der Waals surface area (Å²) in [4.78, 5) is 24.1. The lowest BCUT2D eigenvalue weighted by Crippen LogP contribution is -2.30. The van der Waals surface area contributed by atoms with Crippen LogP contribution < -0.4 is 10.3 Å². The number of nitrogens with zero attached hydrogens (tertiary/aromatic N) is 2. The molecule has 0 bridgehead atoms. The summed E-state index contributed by atoms with van der Waals surface area (Å²) in [6.07, 6.45) is 0. The van der Waals surface area contributed by atoms with Gasteiger partial charge in [0.15, 0.2) is 5.78 Å². The smallest absolute Gasteiger partial charge is 0.269 e. The number of rotatable bonds is 4. The van der Waals surface area contributed by atoms with Crippen molar-refractivity contribution in [1.82, 2.24) is 4.57 Å².